The lowest BCUT2D eigenvalue weighted by Gasteiger charge is -2.22. The van der Waals surface area contributed by atoms with Crippen molar-refractivity contribution in [1.29, 1.82) is 0 Å². The maximum Gasteiger partial charge on any atom is 0.412 e. The van der Waals surface area contributed by atoms with Crippen LogP contribution in [-0.4, -0.2) is 35.1 Å². The Hall–Kier alpha value is -3.55. The van der Waals surface area contributed by atoms with Crippen LogP contribution in [0.15, 0.2) is 42.5 Å². The van der Waals surface area contributed by atoms with Crippen LogP contribution in [0.25, 0.3) is 0 Å². The molecule has 172 valence electrons. The molecule has 0 radical (unpaired) electrons. The fourth-order valence-corrected chi connectivity index (χ4v) is 3.11. The third kappa shape index (κ3) is 7.94. The Morgan fingerprint density at radius 1 is 1.09 bits per heavy atom. The predicted molar refractivity (Wildman–Crippen MR) is 126 cm³/mol. The zero-order valence-electron chi connectivity index (χ0n) is 18.9. The molecular formula is C24H31N3O5. The second-order valence-electron chi connectivity index (χ2n) is 8.36. The molecule has 8 nitrogen and oxygen atoms in total. The Morgan fingerprint density at radius 3 is 2.31 bits per heavy atom. The predicted octanol–water partition coefficient (Wildman–Crippen LogP) is 5.18. The van der Waals surface area contributed by atoms with Crippen LogP contribution in [0, 0.1) is 0 Å². The van der Waals surface area contributed by atoms with E-state index in [1.165, 1.54) is 0 Å². The summed E-state index contributed by atoms with van der Waals surface area (Å²) in [4.78, 5) is 34.1. The highest BCUT2D eigenvalue weighted by atomic mass is 16.6. The topological polar surface area (TPSA) is 117 Å². The molecule has 2 aromatic rings. The summed E-state index contributed by atoms with van der Waals surface area (Å²) in [5.41, 5.74) is 3.32. The molecule has 1 atom stereocenters. The maximum absolute atomic E-state index is 11.9. The third-order valence-electron chi connectivity index (χ3n) is 4.49. The lowest BCUT2D eigenvalue weighted by Crippen LogP contribution is -2.27. The number of amides is 1. The minimum Gasteiger partial charge on any atom is -0.481 e. The summed E-state index contributed by atoms with van der Waals surface area (Å²) in [6.07, 6.45) is 0.853. The van der Waals surface area contributed by atoms with Gasteiger partial charge < -0.3 is 25.3 Å². The van der Waals surface area contributed by atoms with E-state index in [9.17, 15) is 14.4 Å². The number of carboxylic acid groups (broad SMARTS) is 1. The molecule has 2 rings (SSSR count). The van der Waals surface area contributed by atoms with Crippen LogP contribution in [-0.2, 0) is 20.7 Å². The summed E-state index contributed by atoms with van der Waals surface area (Å²) in [7, 11) is 0. The van der Waals surface area contributed by atoms with Gasteiger partial charge in [-0.1, -0.05) is 19.1 Å². The first-order valence-electron chi connectivity index (χ1n) is 10.5. The fraction of sp³-hybridized carbons (Fsp3) is 0.375. The Bertz CT molecular complexity index is 936. The van der Waals surface area contributed by atoms with Gasteiger partial charge in [0.15, 0.2) is 0 Å². The molecular weight excluding hydrogens is 410 g/mol. The molecule has 2 aromatic carbocycles. The second kappa shape index (κ2) is 11.2. The normalized spacial score (nSPS) is 11.9. The number of anilines is 4. The highest BCUT2D eigenvalue weighted by Crippen LogP contribution is 2.31. The molecule has 0 heterocycles. The van der Waals surface area contributed by atoms with E-state index in [4.69, 9.17) is 9.84 Å². The van der Waals surface area contributed by atoms with Crippen LogP contribution >= 0.6 is 0 Å². The van der Waals surface area contributed by atoms with Gasteiger partial charge in [0, 0.05) is 23.8 Å². The van der Waals surface area contributed by atoms with Gasteiger partial charge >= 0.3 is 12.1 Å². The first-order chi connectivity index (χ1) is 15.1. The van der Waals surface area contributed by atoms with Gasteiger partial charge in [-0.15, -0.1) is 0 Å². The van der Waals surface area contributed by atoms with Crippen molar-refractivity contribution in [2.24, 2.45) is 0 Å². The summed E-state index contributed by atoms with van der Waals surface area (Å²) < 4.78 is 5.25. The van der Waals surface area contributed by atoms with E-state index in [0.29, 0.717) is 5.69 Å². The quantitative estimate of drug-likeness (QED) is 0.375. The van der Waals surface area contributed by atoms with Crippen LogP contribution in [0.2, 0.25) is 0 Å². The Labute approximate surface area is 188 Å². The summed E-state index contributed by atoms with van der Waals surface area (Å²) in [6.45, 7) is 7.40. The van der Waals surface area contributed by atoms with Crippen LogP contribution in [0.5, 0.6) is 0 Å². The average molecular weight is 442 g/mol. The number of rotatable bonds is 10. The van der Waals surface area contributed by atoms with Crippen molar-refractivity contribution < 1.29 is 24.2 Å². The van der Waals surface area contributed by atoms with Crippen molar-refractivity contribution in [3.05, 3.63) is 48.0 Å². The van der Waals surface area contributed by atoms with Crippen molar-refractivity contribution in [2.75, 3.05) is 16.0 Å². The number of carbonyl (C=O) groups excluding carboxylic acids is 2. The highest BCUT2D eigenvalue weighted by Gasteiger charge is 2.18. The molecule has 0 aliphatic heterocycles. The van der Waals surface area contributed by atoms with Crippen molar-refractivity contribution in [1.82, 2.24) is 0 Å². The number of aryl methyl sites for hydroxylation is 1. The largest absolute Gasteiger partial charge is 0.481 e. The van der Waals surface area contributed by atoms with Gasteiger partial charge in [0.25, 0.3) is 0 Å². The van der Waals surface area contributed by atoms with E-state index in [0.717, 1.165) is 35.3 Å². The van der Waals surface area contributed by atoms with Gasteiger partial charge in [0.2, 0.25) is 0 Å². The maximum atomic E-state index is 11.9. The second-order valence-corrected chi connectivity index (χ2v) is 8.36. The monoisotopic (exact) mass is 441 g/mol. The van der Waals surface area contributed by atoms with E-state index in [1.54, 1.807) is 32.9 Å². The number of hydrogen-bond acceptors (Lipinski definition) is 6. The van der Waals surface area contributed by atoms with E-state index in [-0.39, 0.29) is 12.8 Å². The van der Waals surface area contributed by atoms with E-state index >= 15 is 0 Å². The van der Waals surface area contributed by atoms with Gasteiger partial charge in [0.1, 0.15) is 11.9 Å². The van der Waals surface area contributed by atoms with Gasteiger partial charge in [-0.2, -0.15) is 0 Å². The number of aliphatic carboxylic acids is 1. The minimum absolute atomic E-state index is 0.0921. The van der Waals surface area contributed by atoms with Crippen molar-refractivity contribution >= 4 is 41.1 Å². The van der Waals surface area contributed by atoms with Gasteiger partial charge in [-0.05, 0) is 63.1 Å². The van der Waals surface area contributed by atoms with E-state index in [2.05, 4.69) is 16.0 Å². The molecule has 1 amide bonds. The molecule has 0 saturated heterocycles. The van der Waals surface area contributed by atoms with Crippen molar-refractivity contribution in [3.8, 4) is 0 Å². The number of ether oxygens (including phenoxy) is 1. The highest BCUT2D eigenvalue weighted by molar-refractivity contribution is 5.85. The lowest BCUT2D eigenvalue weighted by atomic mass is 10.1. The van der Waals surface area contributed by atoms with Gasteiger partial charge in [0.05, 0.1) is 17.8 Å². The molecule has 1 unspecified atom stereocenters. The van der Waals surface area contributed by atoms with Crippen molar-refractivity contribution in [3.63, 3.8) is 0 Å². The molecule has 0 saturated carbocycles. The van der Waals surface area contributed by atoms with Crippen LogP contribution in [0.3, 0.4) is 0 Å². The van der Waals surface area contributed by atoms with Crippen LogP contribution < -0.4 is 16.0 Å². The summed E-state index contributed by atoms with van der Waals surface area (Å²) in [5.74, 6) is -0.971. The first-order valence-corrected chi connectivity index (χ1v) is 10.5. The number of para-hydroxylation sites is 1. The number of nitrogens with one attached hydrogen (secondary N) is 3. The molecule has 0 aromatic heterocycles. The molecule has 0 bridgehead atoms. The summed E-state index contributed by atoms with van der Waals surface area (Å²) >= 11 is 0. The average Bonchev–Trinajstić information content (AvgIpc) is 2.69. The summed E-state index contributed by atoms with van der Waals surface area (Å²) in [5, 5.41) is 18.4. The van der Waals surface area contributed by atoms with Gasteiger partial charge in [-0.25, -0.2) is 4.79 Å². The number of benzene rings is 2. The molecule has 0 aliphatic rings. The minimum atomic E-state index is -0.971. The Balaban J connectivity index is 2.19. The molecule has 0 fully saturated rings. The Kier molecular flexibility index (Phi) is 8.63. The summed E-state index contributed by atoms with van der Waals surface area (Å²) in [6, 6.07) is 12.4. The molecule has 4 N–H and O–H groups in total. The standard InChI is InChI=1S/C24H31N3O5/c1-5-16-7-6-8-20(22(16)26-19(13-14-28)15-21(29)30)25-17-9-11-18(12-10-17)27-23(31)32-24(2,3)4/h6-12,14,19,25-26H,5,13,15H2,1-4H3,(H,27,31)(H,29,30). The SMILES string of the molecule is CCc1cccc(Nc2ccc(NC(=O)OC(C)(C)C)cc2)c1NC(CC=O)CC(=O)O. The number of hydrogen-bond donors (Lipinski definition) is 4. The zero-order valence-corrected chi connectivity index (χ0v) is 18.9. The van der Waals surface area contributed by atoms with E-state index in [1.807, 2.05) is 37.3 Å². The smallest absolute Gasteiger partial charge is 0.412 e. The Morgan fingerprint density at radius 2 is 1.75 bits per heavy atom. The number of carbonyl (C=O) groups is 3. The number of carboxylic acids is 1. The first kappa shape index (κ1) is 24.7. The number of aldehydes is 1. The van der Waals surface area contributed by atoms with Crippen LogP contribution in [0.4, 0.5) is 27.5 Å². The molecule has 0 aliphatic carbocycles. The lowest BCUT2D eigenvalue weighted by molar-refractivity contribution is -0.137. The molecule has 8 heteroatoms. The fourth-order valence-electron chi connectivity index (χ4n) is 3.11. The zero-order chi connectivity index (χ0) is 23.7. The van der Waals surface area contributed by atoms with Crippen LogP contribution in [0.1, 0.15) is 46.1 Å². The van der Waals surface area contributed by atoms with Gasteiger partial charge in [-0.3, -0.25) is 10.1 Å². The molecule has 0 spiro atoms. The van der Waals surface area contributed by atoms with Crippen molar-refractivity contribution in [2.45, 2.75) is 58.6 Å². The van der Waals surface area contributed by atoms with E-state index < -0.39 is 23.7 Å². The molecule has 32 heavy (non-hydrogen) atoms. The third-order valence-corrected chi connectivity index (χ3v) is 4.49.